The number of sulfonamides is 1. The van der Waals surface area contributed by atoms with Crippen molar-refractivity contribution >= 4 is 21.4 Å². The third kappa shape index (κ3) is 4.75. The molecule has 0 saturated carbocycles. The Labute approximate surface area is 124 Å². The van der Waals surface area contributed by atoms with E-state index in [-0.39, 0.29) is 5.82 Å². The van der Waals surface area contributed by atoms with Gasteiger partial charge in [-0.2, -0.15) is 0 Å². The molecule has 0 fully saturated rings. The minimum absolute atomic E-state index is 0.265. The molecule has 0 radical (unpaired) electrons. The summed E-state index contributed by atoms with van der Waals surface area (Å²) in [7, 11) is -3.31. The summed E-state index contributed by atoms with van der Waals surface area (Å²) in [6, 6.07) is 11.8. The molecule has 2 aromatic carbocycles. The van der Waals surface area contributed by atoms with Crippen molar-refractivity contribution in [2.45, 2.75) is 13.5 Å². The van der Waals surface area contributed by atoms with Crippen molar-refractivity contribution in [3.8, 4) is 0 Å². The quantitative estimate of drug-likeness (QED) is 0.892. The second-order valence-electron chi connectivity index (χ2n) is 4.90. The molecule has 0 amide bonds. The summed E-state index contributed by atoms with van der Waals surface area (Å²) in [6.07, 6.45) is 1.09. The smallest absolute Gasteiger partial charge is 0.229 e. The number of hydrogen-bond donors (Lipinski definition) is 2. The molecule has 0 aromatic heterocycles. The fourth-order valence-electron chi connectivity index (χ4n) is 1.94. The summed E-state index contributed by atoms with van der Waals surface area (Å²) in [5.74, 6) is -0.265. The number of benzene rings is 2. The van der Waals surface area contributed by atoms with Gasteiger partial charge in [-0.25, -0.2) is 12.8 Å². The molecule has 21 heavy (non-hydrogen) atoms. The molecule has 0 atom stereocenters. The Morgan fingerprint density at radius 1 is 1.10 bits per heavy atom. The summed E-state index contributed by atoms with van der Waals surface area (Å²) in [6.45, 7) is 2.23. The molecular formula is C15H17FN2O2S. The van der Waals surface area contributed by atoms with E-state index < -0.39 is 10.0 Å². The van der Waals surface area contributed by atoms with Gasteiger partial charge < -0.3 is 5.32 Å². The van der Waals surface area contributed by atoms with Crippen molar-refractivity contribution in [2.75, 3.05) is 16.3 Å². The number of nitrogens with one attached hydrogen (secondary N) is 2. The first-order chi connectivity index (χ1) is 9.83. The third-order valence-electron chi connectivity index (χ3n) is 2.85. The van der Waals surface area contributed by atoms with Crippen LogP contribution in [0.5, 0.6) is 0 Å². The predicted octanol–water partition coefficient (Wildman–Crippen LogP) is 3.12. The highest BCUT2D eigenvalue weighted by Gasteiger charge is 2.04. The second kappa shape index (κ2) is 6.13. The van der Waals surface area contributed by atoms with E-state index in [1.165, 1.54) is 6.07 Å². The zero-order valence-electron chi connectivity index (χ0n) is 11.9. The van der Waals surface area contributed by atoms with Crippen LogP contribution in [0, 0.1) is 12.7 Å². The summed E-state index contributed by atoms with van der Waals surface area (Å²) < 4.78 is 38.4. The van der Waals surface area contributed by atoms with Crippen LogP contribution in [0.3, 0.4) is 0 Å². The fourth-order valence-corrected chi connectivity index (χ4v) is 2.50. The summed E-state index contributed by atoms with van der Waals surface area (Å²) in [4.78, 5) is 0. The first-order valence-corrected chi connectivity index (χ1v) is 8.29. The Morgan fingerprint density at radius 2 is 1.81 bits per heavy atom. The van der Waals surface area contributed by atoms with Gasteiger partial charge in [0.1, 0.15) is 5.82 Å². The maximum atomic E-state index is 13.6. The van der Waals surface area contributed by atoms with E-state index in [4.69, 9.17) is 0 Å². The van der Waals surface area contributed by atoms with Crippen molar-refractivity contribution in [3.63, 3.8) is 0 Å². The molecule has 0 aliphatic rings. The largest absolute Gasteiger partial charge is 0.381 e. The Bertz CT molecular complexity index is 745. The van der Waals surface area contributed by atoms with Crippen LogP contribution in [-0.2, 0) is 16.6 Å². The topological polar surface area (TPSA) is 58.2 Å². The Morgan fingerprint density at radius 3 is 2.52 bits per heavy atom. The van der Waals surface area contributed by atoms with E-state index in [0.717, 1.165) is 11.8 Å². The van der Waals surface area contributed by atoms with Crippen molar-refractivity contribution in [3.05, 3.63) is 59.4 Å². The van der Waals surface area contributed by atoms with Gasteiger partial charge in [0.05, 0.1) is 11.9 Å². The molecular weight excluding hydrogens is 291 g/mol. The molecule has 0 saturated heterocycles. The number of aryl methyl sites for hydroxylation is 1. The van der Waals surface area contributed by atoms with E-state index in [9.17, 15) is 12.8 Å². The number of rotatable bonds is 5. The van der Waals surface area contributed by atoms with Gasteiger partial charge >= 0.3 is 0 Å². The predicted molar refractivity (Wildman–Crippen MR) is 83.4 cm³/mol. The van der Waals surface area contributed by atoms with Crippen LogP contribution in [0.25, 0.3) is 0 Å². The number of anilines is 2. The van der Waals surface area contributed by atoms with Gasteiger partial charge in [0, 0.05) is 17.8 Å². The molecule has 2 rings (SSSR count). The lowest BCUT2D eigenvalue weighted by atomic mass is 10.1. The first kappa shape index (κ1) is 15.3. The van der Waals surface area contributed by atoms with Gasteiger partial charge in [-0.05, 0) is 31.2 Å². The molecule has 0 bridgehead atoms. The van der Waals surface area contributed by atoms with Crippen LogP contribution in [-0.4, -0.2) is 14.7 Å². The summed E-state index contributed by atoms with van der Waals surface area (Å²) in [5, 5.41) is 3.08. The molecule has 0 heterocycles. The van der Waals surface area contributed by atoms with Crippen molar-refractivity contribution in [1.29, 1.82) is 0 Å². The normalized spacial score (nSPS) is 11.2. The molecule has 0 aliphatic heterocycles. The maximum Gasteiger partial charge on any atom is 0.229 e. The fraction of sp³-hybridized carbons (Fsp3) is 0.200. The molecule has 4 nitrogen and oxygen atoms in total. The highest BCUT2D eigenvalue weighted by molar-refractivity contribution is 7.92. The van der Waals surface area contributed by atoms with Crippen LogP contribution in [0.4, 0.5) is 15.8 Å². The van der Waals surface area contributed by atoms with Gasteiger partial charge in [0.2, 0.25) is 10.0 Å². The zero-order valence-corrected chi connectivity index (χ0v) is 12.7. The number of halogens is 1. The van der Waals surface area contributed by atoms with Crippen molar-refractivity contribution in [2.24, 2.45) is 0 Å². The van der Waals surface area contributed by atoms with E-state index >= 15 is 0 Å². The van der Waals surface area contributed by atoms with Gasteiger partial charge in [0.25, 0.3) is 0 Å². The van der Waals surface area contributed by atoms with Crippen LogP contribution in [0.2, 0.25) is 0 Å². The van der Waals surface area contributed by atoms with Gasteiger partial charge in [0.15, 0.2) is 0 Å². The lowest BCUT2D eigenvalue weighted by molar-refractivity contribution is 0.606. The van der Waals surface area contributed by atoms with Crippen LogP contribution in [0.1, 0.15) is 11.1 Å². The minimum atomic E-state index is -3.31. The molecule has 0 aliphatic carbocycles. The van der Waals surface area contributed by atoms with E-state index in [1.807, 2.05) is 6.92 Å². The zero-order chi connectivity index (χ0) is 15.5. The highest BCUT2D eigenvalue weighted by Crippen LogP contribution is 2.18. The van der Waals surface area contributed by atoms with Gasteiger partial charge in [-0.15, -0.1) is 0 Å². The summed E-state index contributed by atoms with van der Waals surface area (Å²) >= 11 is 0. The molecule has 0 spiro atoms. The van der Waals surface area contributed by atoms with Gasteiger partial charge in [-0.1, -0.05) is 23.8 Å². The standard InChI is InChI=1S/C15H17FN2O2S/c1-11-6-7-15(16)12(8-11)10-17-13-4-3-5-14(9-13)18-21(2,19)20/h3-9,17-18H,10H2,1-2H3. The minimum Gasteiger partial charge on any atom is -0.381 e. The molecule has 0 unspecified atom stereocenters. The van der Waals surface area contributed by atoms with E-state index in [1.54, 1.807) is 36.4 Å². The Hall–Kier alpha value is -2.08. The first-order valence-electron chi connectivity index (χ1n) is 6.40. The SMILES string of the molecule is Cc1ccc(F)c(CNc2cccc(NS(C)(=O)=O)c2)c1. The van der Waals surface area contributed by atoms with Crippen LogP contribution >= 0.6 is 0 Å². The summed E-state index contributed by atoms with van der Waals surface area (Å²) in [5.41, 5.74) is 2.73. The number of hydrogen-bond acceptors (Lipinski definition) is 3. The Kier molecular flexibility index (Phi) is 4.47. The maximum absolute atomic E-state index is 13.6. The molecule has 6 heteroatoms. The molecule has 2 N–H and O–H groups in total. The van der Waals surface area contributed by atoms with E-state index in [2.05, 4.69) is 10.0 Å². The van der Waals surface area contributed by atoms with Crippen LogP contribution < -0.4 is 10.0 Å². The molecule has 2 aromatic rings. The Balaban J connectivity index is 2.10. The lowest BCUT2D eigenvalue weighted by Crippen LogP contribution is -2.10. The lowest BCUT2D eigenvalue weighted by Gasteiger charge is -2.10. The van der Waals surface area contributed by atoms with Crippen molar-refractivity contribution in [1.82, 2.24) is 0 Å². The second-order valence-corrected chi connectivity index (χ2v) is 6.65. The monoisotopic (exact) mass is 308 g/mol. The highest BCUT2D eigenvalue weighted by atomic mass is 32.2. The van der Waals surface area contributed by atoms with Gasteiger partial charge in [-0.3, -0.25) is 4.72 Å². The third-order valence-corrected chi connectivity index (χ3v) is 3.46. The average Bonchev–Trinajstić information content (AvgIpc) is 2.38. The molecule has 112 valence electrons. The van der Waals surface area contributed by atoms with Crippen molar-refractivity contribution < 1.29 is 12.8 Å². The van der Waals surface area contributed by atoms with E-state index in [0.29, 0.717) is 23.5 Å². The van der Waals surface area contributed by atoms with Crippen LogP contribution in [0.15, 0.2) is 42.5 Å². The average molecular weight is 308 g/mol.